The summed E-state index contributed by atoms with van der Waals surface area (Å²) in [5.74, 6) is -14.3. The highest BCUT2D eigenvalue weighted by Gasteiger charge is 2.76. The van der Waals surface area contributed by atoms with Gasteiger partial charge < -0.3 is 14.8 Å². The summed E-state index contributed by atoms with van der Waals surface area (Å²) in [6.07, 6.45) is -6.62. The molecular formula is C23H15F7N2O3. The number of hydrogen-bond acceptors (Lipinski definition) is 4. The molecule has 4 rings (SSSR count). The van der Waals surface area contributed by atoms with Crippen molar-refractivity contribution < 1.29 is 45.0 Å². The Hall–Kier alpha value is -3.83. The van der Waals surface area contributed by atoms with E-state index < -0.39 is 29.6 Å². The van der Waals surface area contributed by atoms with E-state index in [1.807, 2.05) is 0 Å². The second-order valence-electron chi connectivity index (χ2n) is 7.45. The van der Waals surface area contributed by atoms with Gasteiger partial charge in [0.2, 0.25) is 0 Å². The normalized spacial score (nSPS) is 13.9. The molecule has 2 aromatic carbocycles. The zero-order chi connectivity index (χ0) is 25.4. The third kappa shape index (κ3) is 4.60. The summed E-state index contributed by atoms with van der Waals surface area (Å²) < 4.78 is 102. The van der Waals surface area contributed by atoms with Gasteiger partial charge in [-0.3, -0.25) is 4.79 Å². The van der Waals surface area contributed by atoms with Crippen LogP contribution in [0.4, 0.5) is 36.4 Å². The number of pyridine rings is 1. The number of alkyl halides is 7. The van der Waals surface area contributed by atoms with Gasteiger partial charge in [0.05, 0.1) is 11.4 Å². The lowest BCUT2D eigenvalue weighted by atomic mass is 10.1. The van der Waals surface area contributed by atoms with Crippen LogP contribution < -0.4 is 14.8 Å². The van der Waals surface area contributed by atoms with Crippen LogP contribution in [0.1, 0.15) is 0 Å². The first-order valence-corrected chi connectivity index (χ1v) is 10.0. The van der Waals surface area contributed by atoms with Crippen LogP contribution in [0.25, 0.3) is 22.5 Å². The number of nitrogens with one attached hydrogen (secondary N) is 1. The molecule has 0 atom stereocenters. The highest BCUT2D eigenvalue weighted by Crippen LogP contribution is 2.47. The fourth-order valence-electron chi connectivity index (χ4n) is 3.25. The quantitative estimate of drug-likeness (QED) is 0.440. The van der Waals surface area contributed by atoms with Crippen LogP contribution in [0.15, 0.2) is 60.7 Å². The van der Waals surface area contributed by atoms with E-state index in [0.717, 1.165) is 12.1 Å². The molecule has 0 saturated carbocycles. The van der Waals surface area contributed by atoms with Crippen molar-refractivity contribution in [1.29, 1.82) is 0 Å². The first kappa shape index (κ1) is 24.3. The van der Waals surface area contributed by atoms with E-state index in [0.29, 0.717) is 41.7 Å². The van der Waals surface area contributed by atoms with Gasteiger partial charge in [0.15, 0.2) is 11.5 Å². The maximum atomic E-state index is 13.6. The predicted molar refractivity (Wildman–Crippen MR) is 111 cm³/mol. The fourth-order valence-corrected chi connectivity index (χ4v) is 3.25. The van der Waals surface area contributed by atoms with Gasteiger partial charge in [-0.05, 0) is 42.5 Å². The van der Waals surface area contributed by atoms with Gasteiger partial charge >= 0.3 is 23.9 Å². The van der Waals surface area contributed by atoms with Gasteiger partial charge in [0, 0.05) is 16.8 Å². The van der Waals surface area contributed by atoms with Gasteiger partial charge in [-0.2, -0.15) is 30.7 Å². The Morgan fingerprint density at radius 2 is 1.37 bits per heavy atom. The molecule has 1 amide bonds. The zero-order valence-corrected chi connectivity index (χ0v) is 17.5. The molecule has 1 aliphatic rings. The van der Waals surface area contributed by atoms with Gasteiger partial charge in [-0.25, -0.2) is 4.98 Å². The number of carbonyl (C=O) groups is 1. The molecule has 35 heavy (non-hydrogen) atoms. The Morgan fingerprint density at radius 3 is 2.03 bits per heavy atom. The lowest BCUT2D eigenvalue weighted by molar-refractivity contribution is -0.343. The van der Waals surface area contributed by atoms with E-state index in [1.165, 1.54) is 17.4 Å². The molecule has 1 aromatic heterocycles. The highest BCUT2D eigenvalue weighted by atomic mass is 19.4. The van der Waals surface area contributed by atoms with Crippen LogP contribution >= 0.6 is 0 Å². The Bertz CT molecular complexity index is 1260. The van der Waals surface area contributed by atoms with E-state index in [-0.39, 0.29) is 5.56 Å². The molecule has 12 heteroatoms. The molecule has 3 aromatic rings. The maximum Gasteiger partial charge on any atom is 0.460 e. The van der Waals surface area contributed by atoms with E-state index in [9.17, 15) is 35.5 Å². The van der Waals surface area contributed by atoms with E-state index in [4.69, 9.17) is 9.47 Å². The minimum Gasteiger partial charge on any atom is -0.486 e. The Morgan fingerprint density at radius 1 is 0.771 bits per heavy atom. The monoisotopic (exact) mass is 500 g/mol. The Labute approximate surface area is 193 Å². The molecule has 0 bridgehead atoms. The van der Waals surface area contributed by atoms with Crippen molar-refractivity contribution >= 4 is 11.6 Å². The molecule has 184 valence electrons. The topological polar surface area (TPSA) is 60.5 Å². The minimum atomic E-state index is -6.62. The standard InChI is InChI=1S/C23H15F7N2O3/c24-21(25,22(26,27)23(28,29)30)20(33)31-15-4-1-3-13(11-15)16-5-2-6-17(32-16)14-7-8-18-19(12-14)35-10-9-34-18/h1-8,11-12H,9-10H2,(H,31,33). The summed E-state index contributed by atoms with van der Waals surface area (Å²) in [4.78, 5) is 16.1. The number of hydrogen-bond donors (Lipinski definition) is 1. The SMILES string of the molecule is O=C(Nc1cccc(-c2cccc(-c3ccc4c(c3)OCCO4)n2)c1)C(F)(F)C(F)(F)C(F)(F)F. The third-order valence-corrected chi connectivity index (χ3v) is 5.04. The number of halogens is 7. The van der Waals surface area contributed by atoms with Crippen LogP contribution in [0.3, 0.4) is 0 Å². The Balaban J connectivity index is 1.59. The summed E-state index contributed by atoms with van der Waals surface area (Å²) in [7, 11) is 0. The van der Waals surface area contributed by atoms with Crippen molar-refractivity contribution in [3.63, 3.8) is 0 Å². The first-order chi connectivity index (χ1) is 16.4. The maximum absolute atomic E-state index is 13.6. The average molecular weight is 500 g/mol. The van der Waals surface area contributed by atoms with Crippen LogP contribution in [-0.4, -0.2) is 42.1 Å². The molecule has 2 heterocycles. The molecule has 0 fully saturated rings. The van der Waals surface area contributed by atoms with Gasteiger partial charge in [-0.15, -0.1) is 0 Å². The predicted octanol–water partition coefficient (Wildman–Crippen LogP) is 5.96. The lowest BCUT2D eigenvalue weighted by Crippen LogP contribution is -2.57. The van der Waals surface area contributed by atoms with E-state index >= 15 is 0 Å². The molecule has 1 N–H and O–H groups in total. The van der Waals surface area contributed by atoms with Crippen LogP contribution in [-0.2, 0) is 4.79 Å². The zero-order valence-electron chi connectivity index (χ0n) is 17.5. The van der Waals surface area contributed by atoms with Gasteiger partial charge in [-0.1, -0.05) is 18.2 Å². The first-order valence-electron chi connectivity index (χ1n) is 10.0. The minimum absolute atomic E-state index is 0.285. The summed E-state index contributed by atoms with van der Waals surface area (Å²) in [6.45, 7) is 0.809. The van der Waals surface area contributed by atoms with Crippen molar-refractivity contribution in [2.45, 2.75) is 18.0 Å². The van der Waals surface area contributed by atoms with Crippen LogP contribution in [0.5, 0.6) is 11.5 Å². The second-order valence-corrected chi connectivity index (χ2v) is 7.45. The lowest BCUT2D eigenvalue weighted by Gasteiger charge is -2.27. The number of nitrogens with zero attached hydrogens (tertiary/aromatic N) is 1. The van der Waals surface area contributed by atoms with Crippen LogP contribution in [0.2, 0.25) is 0 Å². The molecular weight excluding hydrogens is 485 g/mol. The molecule has 0 unspecified atom stereocenters. The molecule has 0 saturated heterocycles. The average Bonchev–Trinajstić information content (AvgIpc) is 2.83. The van der Waals surface area contributed by atoms with E-state index in [2.05, 4.69) is 4.98 Å². The van der Waals surface area contributed by atoms with Gasteiger partial charge in [0.25, 0.3) is 0 Å². The van der Waals surface area contributed by atoms with Crippen molar-refractivity contribution in [3.8, 4) is 34.0 Å². The number of rotatable bonds is 5. The number of fused-ring (bicyclic) bond motifs is 1. The molecule has 5 nitrogen and oxygen atoms in total. The highest BCUT2D eigenvalue weighted by molar-refractivity contribution is 5.97. The van der Waals surface area contributed by atoms with Crippen molar-refractivity contribution in [2.24, 2.45) is 0 Å². The number of carbonyl (C=O) groups excluding carboxylic acids is 1. The fraction of sp³-hybridized carbons (Fsp3) is 0.217. The van der Waals surface area contributed by atoms with Crippen LogP contribution in [0, 0.1) is 0 Å². The number of aromatic nitrogens is 1. The Kier molecular flexibility index (Phi) is 6.07. The number of amides is 1. The van der Waals surface area contributed by atoms with Crippen molar-refractivity contribution in [1.82, 2.24) is 4.98 Å². The number of ether oxygens (including phenoxy) is 2. The van der Waals surface area contributed by atoms with Crippen molar-refractivity contribution in [2.75, 3.05) is 18.5 Å². The second kappa shape index (κ2) is 8.75. The molecule has 0 aliphatic carbocycles. The van der Waals surface area contributed by atoms with E-state index in [1.54, 1.807) is 36.4 Å². The summed E-state index contributed by atoms with van der Waals surface area (Å²) in [6, 6.07) is 15.1. The summed E-state index contributed by atoms with van der Waals surface area (Å²) in [5, 5.41) is 1.42. The number of anilines is 1. The van der Waals surface area contributed by atoms with Gasteiger partial charge in [0.1, 0.15) is 13.2 Å². The largest absolute Gasteiger partial charge is 0.486 e. The van der Waals surface area contributed by atoms with Crippen molar-refractivity contribution in [3.05, 3.63) is 60.7 Å². The summed E-state index contributed by atoms with van der Waals surface area (Å²) >= 11 is 0. The third-order valence-electron chi connectivity index (χ3n) is 5.04. The smallest absolute Gasteiger partial charge is 0.460 e. The molecule has 1 aliphatic heterocycles. The number of benzene rings is 2. The summed E-state index contributed by atoms with van der Waals surface area (Å²) in [5.41, 5.74) is 1.37. The molecule has 0 radical (unpaired) electrons. The molecule has 0 spiro atoms.